The minimum atomic E-state index is -0.542. The smallest absolute Gasteiger partial charge is 0.266 e. The molecule has 35 heavy (non-hydrogen) atoms. The van der Waals surface area contributed by atoms with Gasteiger partial charge in [-0.05, 0) is 56.3 Å². The van der Waals surface area contributed by atoms with Crippen LogP contribution < -0.4 is 19.8 Å². The number of rotatable bonds is 6. The van der Waals surface area contributed by atoms with E-state index in [1.165, 1.54) is 0 Å². The molecule has 1 aliphatic rings. The van der Waals surface area contributed by atoms with Crippen LogP contribution in [-0.4, -0.2) is 40.8 Å². The molecule has 1 aliphatic heterocycles. The molecule has 1 amide bonds. The van der Waals surface area contributed by atoms with Crippen LogP contribution in [0.25, 0.3) is 16.6 Å². The highest BCUT2D eigenvalue weighted by molar-refractivity contribution is 5.95. The summed E-state index contributed by atoms with van der Waals surface area (Å²) < 4.78 is 18.1. The standard InChI is InChI=1S/C27H25N3O5/c1-4-33-22-12-8-7-11-21(22)30-25(28-20-10-6-5-9-19(20)27(30)32)17(2)29(3)26(31)18-13-14-23-24(15-18)35-16-34-23/h5-15,17H,4,16H2,1-3H3. The van der Waals surface area contributed by atoms with Gasteiger partial charge in [0.1, 0.15) is 11.6 Å². The normalized spacial score (nSPS) is 13.0. The molecule has 3 aromatic carbocycles. The first-order valence-electron chi connectivity index (χ1n) is 11.4. The average Bonchev–Trinajstić information content (AvgIpc) is 3.36. The Balaban J connectivity index is 1.63. The van der Waals surface area contributed by atoms with Gasteiger partial charge in [0.15, 0.2) is 11.5 Å². The number of hydrogen-bond acceptors (Lipinski definition) is 6. The van der Waals surface area contributed by atoms with Crippen LogP contribution >= 0.6 is 0 Å². The fourth-order valence-electron chi connectivity index (χ4n) is 4.16. The molecular weight excluding hydrogens is 446 g/mol. The fraction of sp³-hybridized carbons (Fsp3) is 0.222. The Bertz CT molecular complexity index is 1480. The number of aromatic nitrogens is 2. The van der Waals surface area contributed by atoms with Gasteiger partial charge in [0, 0.05) is 12.6 Å². The zero-order chi connectivity index (χ0) is 24.5. The van der Waals surface area contributed by atoms with E-state index in [2.05, 4.69) is 0 Å². The summed E-state index contributed by atoms with van der Waals surface area (Å²) in [6.07, 6.45) is 0. The molecule has 5 rings (SSSR count). The SMILES string of the molecule is CCOc1ccccc1-n1c(C(C)N(C)C(=O)c2ccc3c(c2)OCO3)nc2ccccc2c1=O. The van der Waals surface area contributed by atoms with Crippen LogP contribution in [0.2, 0.25) is 0 Å². The van der Waals surface area contributed by atoms with Gasteiger partial charge in [-0.15, -0.1) is 0 Å². The Labute approximate surface area is 202 Å². The third kappa shape index (κ3) is 3.97. The molecule has 1 atom stereocenters. The Hall–Kier alpha value is -4.33. The van der Waals surface area contributed by atoms with Crippen LogP contribution in [0.4, 0.5) is 0 Å². The molecular formula is C27H25N3O5. The van der Waals surface area contributed by atoms with Gasteiger partial charge in [0.05, 0.1) is 29.2 Å². The Morgan fingerprint density at radius 3 is 2.66 bits per heavy atom. The van der Waals surface area contributed by atoms with Crippen molar-refractivity contribution >= 4 is 16.8 Å². The molecule has 1 aromatic heterocycles. The molecule has 2 heterocycles. The van der Waals surface area contributed by atoms with Crippen molar-refractivity contribution in [1.82, 2.24) is 14.5 Å². The molecule has 4 aromatic rings. The van der Waals surface area contributed by atoms with Gasteiger partial charge in [-0.3, -0.25) is 14.2 Å². The number of hydrogen-bond donors (Lipinski definition) is 0. The van der Waals surface area contributed by atoms with Gasteiger partial charge < -0.3 is 19.1 Å². The van der Waals surface area contributed by atoms with Gasteiger partial charge >= 0.3 is 0 Å². The fourth-order valence-corrected chi connectivity index (χ4v) is 4.16. The van der Waals surface area contributed by atoms with E-state index >= 15 is 0 Å². The van der Waals surface area contributed by atoms with Crippen molar-refractivity contribution in [3.8, 4) is 22.9 Å². The molecule has 0 N–H and O–H groups in total. The molecule has 0 spiro atoms. The number of carbonyl (C=O) groups is 1. The highest BCUT2D eigenvalue weighted by Gasteiger charge is 2.27. The Kier molecular flexibility index (Phi) is 5.86. The van der Waals surface area contributed by atoms with E-state index in [-0.39, 0.29) is 18.3 Å². The lowest BCUT2D eigenvalue weighted by Gasteiger charge is -2.27. The summed E-state index contributed by atoms with van der Waals surface area (Å²) in [6.45, 7) is 4.31. The highest BCUT2D eigenvalue weighted by Crippen LogP contribution is 2.34. The van der Waals surface area contributed by atoms with Crippen molar-refractivity contribution in [3.05, 3.63) is 88.5 Å². The van der Waals surface area contributed by atoms with E-state index in [1.807, 2.05) is 50.2 Å². The van der Waals surface area contributed by atoms with Gasteiger partial charge in [-0.1, -0.05) is 24.3 Å². The second-order valence-electron chi connectivity index (χ2n) is 8.19. The Morgan fingerprint density at radius 2 is 1.83 bits per heavy atom. The molecule has 178 valence electrons. The summed E-state index contributed by atoms with van der Waals surface area (Å²) in [5, 5.41) is 0.486. The number of amides is 1. The number of fused-ring (bicyclic) bond motifs is 2. The summed E-state index contributed by atoms with van der Waals surface area (Å²) >= 11 is 0. The molecule has 8 heteroatoms. The molecule has 0 saturated heterocycles. The molecule has 0 fully saturated rings. The van der Waals surface area contributed by atoms with E-state index < -0.39 is 6.04 Å². The van der Waals surface area contributed by atoms with Gasteiger partial charge in [-0.25, -0.2) is 4.98 Å². The monoisotopic (exact) mass is 471 g/mol. The summed E-state index contributed by atoms with van der Waals surface area (Å²) in [5.74, 6) is 1.89. The van der Waals surface area contributed by atoms with Crippen LogP contribution in [0, 0.1) is 0 Å². The van der Waals surface area contributed by atoms with E-state index in [0.717, 1.165) is 0 Å². The lowest BCUT2D eigenvalue weighted by Crippen LogP contribution is -2.35. The number of carbonyl (C=O) groups excluding carboxylic acids is 1. The summed E-state index contributed by atoms with van der Waals surface area (Å²) in [6, 6.07) is 19.1. The molecule has 0 bridgehead atoms. The molecule has 0 radical (unpaired) electrons. The maximum atomic E-state index is 13.7. The number of benzene rings is 3. The second kappa shape index (κ2) is 9.13. The van der Waals surface area contributed by atoms with Crippen molar-refractivity contribution in [2.45, 2.75) is 19.9 Å². The first kappa shape index (κ1) is 22.5. The quantitative estimate of drug-likeness (QED) is 0.416. The zero-order valence-corrected chi connectivity index (χ0v) is 19.7. The third-order valence-corrected chi connectivity index (χ3v) is 6.10. The summed E-state index contributed by atoms with van der Waals surface area (Å²) in [4.78, 5) is 33.6. The van der Waals surface area contributed by atoms with Crippen molar-refractivity contribution in [3.63, 3.8) is 0 Å². The van der Waals surface area contributed by atoms with Crippen molar-refractivity contribution in [1.29, 1.82) is 0 Å². The first-order valence-corrected chi connectivity index (χ1v) is 11.4. The minimum absolute atomic E-state index is 0.131. The highest BCUT2D eigenvalue weighted by atomic mass is 16.7. The predicted molar refractivity (Wildman–Crippen MR) is 132 cm³/mol. The topological polar surface area (TPSA) is 82.9 Å². The van der Waals surface area contributed by atoms with Crippen molar-refractivity contribution < 1.29 is 19.0 Å². The van der Waals surface area contributed by atoms with Crippen LogP contribution in [0.1, 0.15) is 36.1 Å². The third-order valence-electron chi connectivity index (χ3n) is 6.10. The van der Waals surface area contributed by atoms with Crippen LogP contribution in [0.15, 0.2) is 71.5 Å². The molecule has 8 nitrogen and oxygen atoms in total. The van der Waals surface area contributed by atoms with Crippen molar-refractivity contribution in [2.75, 3.05) is 20.4 Å². The number of ether oxygens (including phenoxy) is 3. The van der Waals surface area contributed by atoms with Gasteiger partial charge in [0.25, 0.3) is 11.5 Å². The van der Waals surface area contributed by atoms with Crippen LogP contribution in [0.3, 0.4) is 0 Å². The van der Waals surface area contributed by atoms with Crippen LogP contribution in [-0.2, 0) is 0 Å². The summed E-state index contributed by atoms with van der Waals surface area (Å²) in [5.41, 5.74) is 1.36. The van der Waals surface area contributed by atoms with E-state index in [4.69, 9.17) is 19.2 Å². The average molecular weight is 472 g/mol. The molecule has 1 unspecified atom stereocenters. The lowest BCUT2D eigenvalue weighted by molar-refractivity contribution is 0.0734. The maximum absolute atomic E-state index is 13.7. The lowest BCUT2D eigenvalue weighted by atomic mass is 10.1. The predicted octanol–water partition coefficient (Wildman–Crippen LogP) is 4.35. The number of para-hydroxylation sites is 3. The molecule has 0 saturated carbocycles. The Morgan fingerprint density at radius 1 is 1.09 bits per heavy atom. The maximum Gasteiger partial charge on any atom is 0.266 e. The zero-order valence-electron chi connectivity index (χ0n) is 19.7. The van der Waals surface area contributed by atoms with E-state index in [1.54, 1.807) is 46.8 Å². The van der Waals surface area contributed by atoms with E-state index in [0.29, 0.717) is 51.8 Å². The van der Waals surface area contributed by atoms with Gasteiger partial charge in [-0.2, -0.15) is 0 Å². The molecule has 0 aliphatic carbocycles. The van der Waals surface area contributed by atoms with Gasteiger partial charge in [0.2, 0.25) is 6.79 Å². The van der Waals surface area contributed by atoms with E-state index in [9.17, 15) is 9.59 Å². The second-order valence-corrected chi connectivity index (χ2v) is 8.19. The largest absolute Gasteiger partial charge is 0.492 e. The van der Waals surface area contributed by atoms with Crippen molar-refractivity contribution in [2.24, 2.45) is 0 Å². The first-order chi connectivity index (χ1) is 17.0. The number of nitrogens with zero attached hydrogens (tertiary/aromatic N) is 3. The van der Waals surface area contributed by atoms with Crippen LogP contribution in [0.5, 0.6) is 17.2 Å². The minimum Gasteiger partial charge on any atom is -0.492 e. The summed E-state index contributed by atoms with van der Waals surface area (Å²) in [7, 11) is 1.69.